The van der Waals surface area contributed by atoms with E-state index in [-0.39, 0.29) is 37.5 Å². The zero-order valence-electron chi connectivity index (χ0n) is 42.7. The molecule has 0 spiro atoms. The first-order valence-electron chi connectivity index (χ1n) is 27.4. The van der Waals surface area contributed by atoms with E-state index >= 15 is 0 Å². The van der Waals surface area contributed by atoms with Crippen LogP contribution in [0.2, 0.25) is 0 Å². The van der Waals surface area contributed by atoms with E-state index in [4.69, 9.17) is 14.2 Å². The average molecular weight is 907 g/mol. The molecule has 0 amide bonds. The fraction of sp³-hybridized carbons (Fsp3) is 0.746. The quantitative estimate of drug-likeness (QED) is 0.0262. The highest BCUT2D eigenvalue weighted by Gasteiger charge is 2.19. The molecule has 1 atom stereocenters. The summed E-state index contributed by atoms with van der Waals surface area (Å²) in [5.41, 5.74) is 0. The topological polar surface area (TPSA) is 78.9 Å². The molecule has 0 radical (unpaired) electrons. The Kier molecular flexibility index (Phi) is 50.9. The smallest absolute Gasteiger partial charge is 0.306 e. The number of carbonyl (C=O) groups excluding carboxylic acids is 3. The molecule has 0 fully saturated rings. The minimum Gasteiger partial charge on any atom is -0.462 e. The molecule has 6 heteroatoms. The highest BCUT2D eigenvalue weighted by atomic mass is 16.6. The van der Waals surface area contributed by atoms with Gasteiger partial charge in [0.05, 0.1) is 0 Å². The summed E-state index contributed by atoms with van der Waals surface area (Å²) in [6, 6.07) is 0. The van der Waals surface area contributed by atoms with Crippen LogP contribution in [-0.4, -0.2) is 37.2 Å². The number of allylic oxidation sites excluding steroid dienone is 12. The van der Waals surface area contributed by atoms with Gasteiger partial charge < -0.3 is 14.2 Å². The van der Waals surface area contributed by atoms with Crippen LogP contribution in [0.1, 0.15) is 265 Å². The lowest BCUT2D eigenvalue weighted by molar-refractivity contribution is -0.167. The van der Waals surface area contributed by atoms with Gasteiger partial charge in [0.2, 0.25) is 0 Å². The summed E-state index contributed by atoms with van der Waals surface area (Å²) >= 11 is 0. The first kappa shape index (κ1) is 61.9. The van der Waals surface area contributed by atoms with Crippen LogP contribution >= 0.6 is 0 Å². The fourth-order valence-electron chi connectivity index (χ4n) is 7.59. The van der Waals surface area contributed by atoms with Gasteiger partial charge in [0, 0.05) is 19.3 Å². The van der Waals surface area contributed by atoms with Crippen LogP contribution in [0.25, 0.3) is 0 Å². The third-order valence-corrected chi connectivity index (χ3v) is 11.7. The lowest BCUT2D eigenvalue weighted by Gasteiger charge is -2.18. The number of ether oxygens (including phenoxy) is 3. The number of carbonyl (C=O) groups is 3. The summed E-state index contributed by atoms with van der Waals surface area (Å²) in [6.45, 7) is 6.48. The molecule has 0 aromatic rings. The van der Waals surface area contributed by atoms with Gasteiger partial charge in [0.15, 0.2) is 6.10 Å². The third-order valence-electron chi connectivity index (χ3n) is 11.7. The van der Waals surface area contributed by atoms with Gasteiger partial charge in [-0.3, -0.25) is 14.4 Å². The van der Waals surface area contributed by atoms with Gasteiger partial charge in [0.25, 0.3) is 0 Å². The molecule has 0 saturated heterocycles. The minimum atomic E-state index is -0.800. The van der Waals surface area contributed by atoms with Crippen molar-refractivity contribution in [3.63, 3.8) is 0 Å². The SMILES string of the molecule is CC/C=C\C/C=C\C/C=C\C/C=C\C/C=C\CCCC(=O)OC[C@@H](COC(=O)CCCCCCCCCCCCCCCCC)OC(=O)CCCCCCC/C=C\CCCCCCCC. The molecule has 0 aromatic heterocycles. The molecular weight excluding hydrogens is 805 g/mol. The second-order valence-corrected chi connectivity index (χ2v) is 18.1. The molecule has 0 aromatic carbocycles. The van der Waals surface area contributed by atoms with Gasteiger partial charge in [-0.15, -0.1) is 0 Å². The van der Waals surface area contributed by atoms with Crippen LogP contribution in [0.4, 0.5) is 0 Å². The van der Waals surface area contributed by atoms with Crippen LogP contribution in [0.5, 0.6) is 0 Å². The summed E-state index contributed by atoms with van der Waals surface area (Å²) in [6.07, 6.45) is 67.5. The van der Waals surface area contributed by atoms with Crippen LogP contribution in [0.3, 0.4) is 0 Å². The third kappa shape index (κ3) is 51.7. The number of hydrogen-bond donors (Lipinski definition) is 0. The molecule has 0 saturated carbocycles. The van der Waals surface area contributed by atoms with E-state index in [1.807, 2.05) is 0 Å². The second-order valence-electron chi connectivity index (χ2n) is 18.1. The Hall–Kier alpha value is -3.15. The Bertz CT molecular complexity index is 1230. The molecule has 0 aliphatic heterocycles. The van der Waals surface area contributed by atoms with Crippen molar-refractivity contribution in [2.24, 2.45) is 0 Å². The van der Waals surface area contributed by atoms with Crippen molar-refractivity contribution in [3.05, 3.63) is 72.9 Å². The normalized spacial score (nSPS) is 12.6. The van der Waals surface area contributed by atoms with Crippen LogP contribution < -0.4 is 0 Å². The number of unbranched alkanes of at least 4 members (excludes halogenated alkanes) is 26. The lowest BCUT2D eigenvalue weighted by Crippen LogP contribution is -2.30. The van der Waals surface area contributed by atoms with E-state index in [0.717, 1.165) is 89.9 Å². The van der Waals surface area contributed by atoms with Crippen LogP contribution in [-0.2, 0) is 28.6 Å². The van der Waals surface area contributed by atoms with E-state index in [9.17, 15) is 14.4 Å². The minimum absolute atomic E-state index is 0.0942. The van der Waals surface area contributed by atoms with Gasteiger partial charge in [-0.25, -0.2) is 0 Å². The first-order valence-corrected chi connectivity index (χ1v) is 27.4. The van der Waals surface area contributed by atoms with E-state index in [1.54, 1.807) is 0 Å². The van der Waals surface area contributed by atoms with E-state index < -0.39 is 6.10 Å². The summed E-state index contributed by atoms with van der Waals surface area (Å²) in [5.74, 6) is -0.957. The molecule has 0 aliphatic rings. The zero-order chi connectivity index (χ0) is 47.2. The van der Waals surface area contributed by atoms with Crippen molar-refractivity contribution in [2.75, 3.05) is 13.2 Å². The second kappa shape index (κ2) is 53.5. The van der Waals surface area contributed by atoms with Gasteiger partial charge in [-0.1, -0.05) is 235 Å². The van der Waals surface area contributed by atoms with Crippen molar-refractivity contribution in [1.82, 2.24) is 0 Å². The summed E-state index contributed by atoms with van der Waals surface area (Å²) < 4.78 is 16.8. The molecule has 0 rings (SSSR count). The van der Waals surface area contributed by atoms with Gasteiger partial charge >= 0.3 is 17.9 Å². The van der Waals surface area contributed by atoms with Crippen molar-refractivity contribution in [2.45, 2.75) is 271 Å². The van der Waals surface area contributed by atoms with Crippen molar-refractivity contribution >= 4 is 17.9 Å². The van der Waals surface area contributed by atoms with Crippen LogP contribution in [0.15, 0.2) is 72.9 Å². The predicted octanol–water partition coefficient (Wildman–Crippen LogP) is 18.2. The Labute approximate surface area is 402 Å². The number of hydrogen-bond acceptors (Lipinski definition) is 6. The summed E-state index contributed by atoms with van der Waals surface area (Å²) in [4.78, 5) is 38.1. The molecule has 0 unspecified atom stereocenters. The Morgan fingerprint density at radius 2 is 0.615 bits per heavy atom. The van der Waals surface area contributed by atoms with E-state index in [0.29, 0.717) is 19.3 Å². The lowest BCUT2D eigenvalue weighted by atomic mass is 10.0. The van der Waals surface area contributed by atoms with Crippen LogP contribution in [0, 0.1) is 0 Å². The number of esters is 3. The largest absolute Gasteiger partial charge is 0.462 e. The molecule has 0 heterocycles. The molecule has 6 nitrogen and oxygen atoms in total. The number of rotatable bonds is 49. The van der Waals surface area contributed by atoms with Crippen molar-refractivity contribution in [1.29, 1.82) is 0 Å². The van der Waals surface area contributed by atoms with E-state index in [1.165, 1.54) is 128 Å². The standard InChI is InChI=1S/C59H102O6/c1-4-7-10-13-16-19-22-25-28-29-32-34-37-40-43-46-49-52-58(61)64-55-56(65-59(62)53-50-47-44-41-38-35-31-27-24-21-18-15-12-9-6-3)54-63-57(60)51-48-45-42-39-36-33-30-26-23-20-17-14-11-8-5-2/h7,10,16,19,25,27-28,31-32,34,40,43,56H,4-6,8-9,11-15,17-18,20-24,26,29-30,33,35-39,41-42,44-55H2,1-3H3/b10-7-,19-16-,28-25-,31-27-,34-32-,43-40-/t56-/m1/s1. The molecule has 65 heavy (non-hydrogen) atoms. The van der Waals surface area contributed by atoms with Gasteiger partial charge in [-0.2, -0.15) is 0 Å². The monoisotopic (exact) mass is 907 g/mol. The molecule has 0 N–H and O–H groups in total. The van der Waals surface area contributed by atoms with Gasteiger partial charge in [-0.05, 0) is 83.5 Å². The Morgan fingerprint density at radius 1 is 0.323 bits per heavy atom. The van der Waals surface area contributed by atoms with E-state index in [2.05, 4.69) is 93.7 Å². The Balaban J connectivity index is 4.47. The predicted molar refractivity (Wildman–Crippen MR) is 279 cm³/mol. The fourth-order valence-corrected chi connectivity index (χ4v) is 7.59. The summed E-state index contributed by atoms with van der Waals surface area (Å²) in [7, 11) is 0. The first-order chi connectivity index (χ1) is 32.0. The molecular formula is C59H102O6. The highest BCUT2D eigenvalue weighted by Crippen LogP contribution is 2.15. The maximum atomic E-state index is 12.8. The Morgan fingerprint density at radius 3 is 1.02 bits per heavy atom. The zero-order valence-corrected chi connectivity index (χ0v) is 42.7. The maximum absolute atomic E-state index is 12.8. The highest BCUT2D eigenvalue weighted by molar-refractivity contribution is 5.71. The van der Waals surface area contributed by atoms with Gasteiger partial charge in [0.1, 0.15) is 13.2 Å². The molecule has 0 aliphatic carbocycles. The van der Waals surface area contributed by atoms with Crippen molar-refractivity contribution < 1.29 is 28.6 Å². The van der Waals surface area contributed by atoms with Crippen molar-refractivity contribution in [3.8, 4) is 0 Å². The average Bonchev–Trinajstić information content (AvgIpc) is 3.30. The maximum Gasteiger partial charge on any atom is 0.306 e. The molecule has 374 valence electrons. The summed E-state index contributed by atoms with van der Waals surface area (Å²) in [5, 5.41) is 0. The molecule has 0 bridgehead atoms.